The fraction of sp³-hybridized carbons (Fsp3) is 0.409. The van der Waals surface area contributed by atoms with Crippen molar-refractivity contribution in [1.29, 1.82) is 0 Å². The van der Waals surface area contributed by atoms with Gasteiger partial charge in [0.1, 0.15) is 41.4 Å². The van der Waals surface area contributed by atoms with Crippen LogP contribution >= 0.6 is 0 Å². The molecule has 0 saturated heterocycles. The lowest BCUT2D eigenvalue weighted by molar-refractivity contribution is 0.0694. The second-order valence-corrected chi connectivity index (χ2v) is 14.2. The highest BCUT2D eigenvalue weighted by Gasteiger charge is 2.25. The summed E-state index contributed by atoms with van der Waals surface area (Å²) in [4.78, 5) is 20.6. The number of nitrogens with zero attached hydrogens (tertiary/aromatic N) is 3. The van der Waals surface area contributed by atoms with Crippen LogP contribution in [0.1, 0.15) is 23.0 Å². The highest BCUT2D eigenvalue weighted by Crippen LogP contribution is 2.36. The maximum Gasteiger partial charge on any atom is 0.339 e. The van der Waals surface area contributed by atoms with Gasteiger partial charge in [0, 0.05) is 25.9 Å². The molecule has 3 rings (SSSR count). The van der Waals surface area contributed by atoms with Gasteiger partial charge >= 0.3 is 5.97 Å². The zero-order valence-corrected chi connectivity index (χ0v) is 19.5. The Labute approximate surface area is 181 Å². The molecule has 0 fully saturated rings. The maximum atomic E-state index is 14.1. The molecule has 166 valence electrons. The molecule has 2 heterocycles. The molecular formula is C22H28FN3O4Si. The lowest BCUT2D eigenvalue weighted by atomic mass is 10.1. The average molecular weight is 446 g/mol. The van der Waals surface area contributed by atoms with E-state index in [1.165, 1.54) is 18.5 Å². The predicted molar refractivity (Wildman–Crippen MR) is 120 cm³/mol. The summed E-state index contributed by atoms with van der Waals surface area (Å²) in [5, 5.41) is 9.81. The van der Waals surface area contributed by atoms with E-state index in [9.17, 15) is 14.3 Å². The first-order chi connectivity index (χ1) is 14.6. The minimum atomic E-state index is -1.27. The minimum Gasteiger partial charge on any atom is -0.493 e. The molecule has 1 aromatic carbocycles. The first-order valence-electron chi connectivity index (χ1n) is 10.2. The van der Waals surface area contributed by atoms with Crippen LogP contribution in [0.15, 0.2) is 24.5 Å². The number of hydrogen-bond donors (Lipinski definition) is 1. The van der Waals surface area contributed by atoms with Crippen LogP contribution in [0.5, 0.6) is 5.75 Å². The van der Waals surface area contributed by atoms with E-state index in [1.54, 1.807) is 17.6 Å². The van der Waals surface area contributed by atoms with Crippen molar-refractivity contribution in [3.05, 3.63) is 41.6 Å². The van der Waals surface area contributed by atoms with Gasteiger partial charge in [-0.15, -0.1) is 0 Å². The standard InChI is InChI=1S/C22H28FN3O4Si/c1-6-30-17-8-7-15(23)11-16(17)19-21-20(25-12-24-19)18(22(27)28)14(2)26(21)13-29-9-10-31(3,4)5/h7-8,11-12H,6,9-10,13H2,1-5H3,(H,27,28). The van der Waals surface area contributed by atoms with Crippen molar-refractivity contribution in [2.24, 2.45) is 0 Å². The Bertz CT molecular complexity index is 1110. The Morgan fingerprint density at radius 2 is 2.00 bits per heavy atom. The van der Waals surface area contributed by atoms with Crippen LogP contribution in [0.3, 0.4) is 0 Å². The van der Waals surface area contributed by atoms with E-state index in [-0.39, 0.29) is 17.8 Å². The molecule has 31 heavy (non-hydrogen) atoms. The van der Waals surface area contributed by atoms with Gasteiger partial charge in [0.25, 0.3) is 0 Å². The number of ether oxygens (including phenoxy) is 2. The fourth-order valence-electron chi connectivity index (χ4n) is 3.41. The van der Waals surface area contributed by atoms with Crippen LogP contribution in [0.25, 0.3) is 22.3 Å². The van der Waals surface area contributed by atoms with Crippen LogP contribution in [0.4, 0.5) is 4.39 Å². The quantitative estimate of drug-likeness (QED) is 0.370. The molecule has 0 saturated carbocycles. The highest BCUT2D eigenvalue weighted by atomic mass is 28.3. The third-order valence-electron chi connectivity index (χ3n) is 5.02. The van der Waals surface area contributed by atoms with Crippen molar-refractivity contribution >= 4 is 25.1 Å². The van der Waals surface area contributed by atoms with Crippen LogP contribution in [0, 0.1) is 12.7 Å². The third-order valence-corrected chi connectivity index (χ3v) is 6.73. The lowest BCUT2D eigenvalue weighted by Gasteiger charge is -2.17. The van der Waals surface area contributed by atoms with Crippen molar-refractivity contribution in [2.75, 3.05) is 13.2 Å². The number of carboxylic acids is 1. The van der Waals surface area contributed by atoms with Gasteiger partial charge < -0.3 is 19.1 Å². The number of aromatic carboxylic acids is 1. The smallest absolute Gasteiger partial charge is 0.339 e. The molecule has 0 aliphatic heterocycles. The molecule has 0 bridgehead atoms. The Hall–Kier alpha value is -2.78. The molecule has 0 spiro atoms. The summed E-state index contributed by atoms with van der Waals surface area (Å²) in [6, 6.07) is 5.19. The van der Waals surface area contributed by atoms with Crippen LogP contribution in [-0.4, -0.2) is 46.9 Å². The molecule has 0 aliphatic carbocycles. The number of fused-ring (bicyclic) bond motifs is 1. The van der Waals surface area contributed by atoms with Gasteiger partial charge in [-0.25, -0.2) is 19.2 Å². The number of benzene rings is 1. The Morgan fingerprint density at radius 3 is 2.65 bits per heavy atom. The zero-order chi connectivity index (χ0) is 22.8. The summed E-state index contributed by atoms with van der Waals surface area (Å²) >= 11 is 0. The summed E-state index contributed by atoms with van der Waals surface area (Å²) in [7, 11) is -1.27. The molecule has 3 aromatic rings. The van der Waals surface area contributed by atoms with Gasteiger partial charge in [0.15, 0.2) is 0 Å². The van der Waals surface area contributed by atoms with Gasteiger partial charge in [-0.1, -0.05) is 19.6 Å². The normalized spacial score (nSPS) is 11.8. The summed E-state index contributed by atoms with van der Waals surface area (Å²) in [5.41, 5.74) is 2.20. The molecule has 0 radical (unpaired) electrons. The summed E-state index contributed by atoms with van der Waals surface area (Å²) < 4.78 is 27.5. The number of halogens is 1. The number of aromatic nitrogens is 3. The molecule has 0 amide bonds. The van der Waals surface area contributed by atoms with Gasteiger partial charge in [0.05, 0.1) is 12.1 Å². The van der Waals surface area contributed by atoms with Crippen LogP contribution in [-0.2, 0) is 11.5 Å². The van der Waals surface area contributed by atoms with E-state index in [0.29, 0.717) is 41.4 Å². The fourth-order valence-corrected chi connectivity index (χ4v) is 4.17. The Balaban J connectivity index is 2.17. The number of rotatable bonds is 9. The van der Waals surface area contributed by atoms with Crippen LogP contribution < -0.4 is 4.74 Å². The predicted octanol–water partition coefficient (Wildman–Crippen LogP) is 4.96. The topological polar surface area (TPSA) is 86.5 Å². The molecule has 7 nitrogen and oxygen atoms in total. The first kappa shape index (κ1) is 22.9. The van der Waals surface area contributed by atoms with Crippen molar-refractivity contribution in [2.45, 2.75) is 46.3 Å². The summed E-state index contributed by atoms with van der Waals surface area (Å²) in [5.74, 6) is -1.06. The van der Waals surface area contributed by atoms with Gasteiger partial charge in [-0.2, -0.15) is 0 Å². The Morgan fingerprint density at radius 1 is 1.26 bits per heavy atom. The summed E-state index contributed by atoms with van der Waals surface area (Å²) in [6.45, 7) is 11.5. The van der Waals surface area contributed by atoms with Crippen molar-refractivity contribution in [1.82, 2.24) is 14.5 Å². The van der Waals surface area contributed by atoms with Crippen molar-refractivity contribution in [3.8, 4) is 17.0 Å². The van der Waals surface area contributed by atoms with E-state index >= 15 is 0 Å². The van der Waals surface area contributed by atoms with E-state index < -0.39 is 19.9 Å². The van der Waals surface area contributed by atoms with E-state index in [2.05, 4.69) is 29.6 Å². The van der Waals surface area contributed by atoms with E-state index in [0.717, 1.165) is 6.04 Å². The van der Waals surface area contributed by atoms with Gasteiger partial charge in [-0.05, 0) is 38.1 Å². The average Bonchev–Trinajstić information content (AvgIpc) is 2.97. The third kappa shape index (κ3) is 4.94. The van der Waals surface area contributed by atoms with E-state index in [1.807, 2.05) is 6.92 Å². The molecule has 0 aliphatic rings. The van der Waals surface area contributed by atoms with Gasteiger partial charge in [0.2, 0.25) is 0 Å². The molecule has 0 unspecified atom stereocenters. The summed E-state index contributed by atoms with van der Waals surface area (Å²) in [6.07, 6.45) is 1.29. The van der Waals surface area contributed by atoms with Crippen molar-refractivity contribution in [3.63, 3.8) is 0 Å². The lowest BCUT2D eigenvalue weighted by Crippen LogP contribution is -2.22. The maximum absolute atomic E-state index is 14.1. The molecular weight excluding hydrogens is 417 g/mol. The minimum absolute atomic E-state index is 0.0850. The second kappa shape index (κ2) is 9.15. The van der Waals surface area contributed by atoms with Gasteiger partial charge in [-0.3, -0.25) is 0 Å². The highest BCUT2D eigenvalue weighted by molar-refractivity contribution is 6.76. The molecule has 1 N–H and O–H groups in total. The monoisotopic (exact) mass is 445 g/mol. The second-order valence-electron chi connectivity index (χ2n) is 8.53. The zero-order valence-electron chi connectivity index (χ0n) is 18.5. The largest absolute Gasteiger partial charge is 0.493 e. The molecule has 9 heteroatoms. The number of carbonyl (C=O) groups is 1. The SMILES string of the molecule is CCOc1ccc(F)cc1-c1ncnc2c(C(=O)O)c(C)n(COCC[Si](C)(C)C)c12. The molecule has 0 atom stereocenters. The molecule has 2 aromatic heterocycles. The number of carboxylic acid groups (broad SMARTS) is 1. The Kier molecular flexibility index (Phi) is 6.76. The number of hydrogen-bond acceptors (Lipinski definition) is 5. The first-order valence-corrected chi connectivity index (χ1v) is 13.9. The van der Waals surface area contributed by atoms with E-state index in [4.69, 9.17) is 9.47 Å². The van der Waals surface area contributed by atoms with Crippen LogP contribution in [0.2, 0.25) is 25.7 Å². The van der Waals surface area contributed by atoms with Crippen molar-refractivity contribution < 1.29 is 23.8 Å².